The van der Waals surface area contributed by atoms with Gasteiger partial charge in [-0.1, -0.05) is 75.7 Å². The molecule has 2 heterocycles. The number of carbonyl (C=O) groups is 3. The molecule has 1 aliphatic rings. The van der Waals surface area contributed by atoms with Gasteiger partial charge in [0.25, 0.3) is 0 Å². The van der Waals surface area contributed by atoms with Crippen molar-refractivity contribution in [3.05, 3.63) is 93.0 Å². The van der Waals surface area contributed by atoms with Crippen LogP contribution in [-0.4, -0.2) is 65.9 Å². The van der Waals surface area contributed by atoms with E-state index in [-0.39, 0.29) is 30.7 Å². The van der Waals surface area contributed by atoms with E-state index in [1.807, 2.05) is 66.9 Å². The van der Waals surface area contributed by atoms with E-state index < -0.39 is 18.1 Å². The van der Waals surface area contributed by atoms with E-state index in [1.165, 1.54) is 16.7 Å². The molecule has 3 aromatic carbocycles. The smallest absolute Gasteiger partial charge is 0.245 e. The van der Waals surface area contributed by atoms with Gasteiger partial charge in [0.1, 0.15) is 12.1 Å². The molecule has 4 aromatic rings. The highest BCUT2D eigenvalue weighted by atomic mass is 79.9. The zero-order valence-electron chi connectivity index (χ0n) is 28.1. The second-order valence-corrected chi connectivity index (χ2v) is 14.9. The van der Waals surface area contributed by atoms with Crippen molar-refractivity contribution < 1.29 is 14.4 Å². The van der Waals surface area contributed by atoms with Crippen molar-refractivity contribution in [1.29, 1.82) is 0 Å². The highest BCUT2D eigenvalue weighted by Crippen LogP contribution is 2.39. The number of H-pyrrole nitrogens is 1. The van der Waals surface area contributed by atoms with Crippen LogP contribution in [0.15, 0.2) is 81.1 Å². The Morgan fingerprint density at radius 1 is 0.900 bits per heavy atom. The van der Waals surface area contributed by atoms with Crippen LogP contribution >= 0.6 is 39.3 Å². The average molecular weight is 783 g/mol. The number of hydrogen-bond donors (Lipinski definition) is 6. The second-order valence-electron chi connectivity index (χ2n) is 12.5. The third kappa shape index (κ3) is 9.48. The molecule has 5 rings (SSSR count). The van der Waals surface area contributed by atoms with Gasteiger partial charge in [0.15, 0.2) is 0 Å². The molecule has 3 atom stereocenters. The molecule has 266 valence electrons. The first-order valence-electron chi connectivity index (χ1n) is 17.0. The largest absolute Gasteiger partial charge is 0.361 e. The van der Waals surface area contributed by atoms with Gasteiger partial charge in [-0.25, -0.2) is 0 Å². The van der Waals surface area contributed by atoms with E-state index in [0.29, 0.717) is 56.8 Å². The number of likely N-dealkylation sites (N-methyl/N-ethyl adjacent to an activating group) is 1. The van der Waals surface area contributed by atoms with Gasteiger partial charge in [0.05, 0.1) is 11.1 Å². The molecule has 8 N–H and O–H groups in total. The van der Waals surface area contributed by atoms with Gasteiger partial charge >= 0.3 is 0 Å². The molecule has 13 heteroatoms. The molecule has 0 saturated heterocycles. The number of para-hydroxylation sites is 1. The fourth-order valence-corrected chi connectivity index (χ4v) is 8.28. The van der Waals surface area contributed by atoms with Crippen molar-refractivity contribution in [2.24, 2.45) is 11.5 Å². The molecule has 1 aromatic heterocycles. The molecule has 0 fully saturated rings. The maximum Gasteiger partial charge on any atom is 0.245 e. The number of nitrogens with one attached hydrogen (secondary N) is 4. The lowest BCUT2D eigenvalue weighted by Crippen LogP contribution is -2.57. The standard InChI is InChI=1S/C37H45BrClN7O3S/c1-46-32(18-24-21-42-29-11-4-3-10-27(24)29)36(48)44-22-25-17-26(38)19-28(39)34(25)50-33-14-5-2-9-23(33)20-43-30(13-8-16-41)35(47)45-31(37(46)49)12-6-7-15-40/h2-5,9-11,14,17,19,21,30-32,42-43H,6-8,12-13,15-16,18,20,22,40-41H2,1H3,(H,44,48)(H,45,47). The minimum absolute atomic E-state index is 0.186. The first-order valence-corrected chi connectivity index (χ1v) is 19.0. The van der Waals surface area contributed by atoms with Crippen LogP contribution in [0.25, 0.3) is 10.9 Å². The summed E-state index contributed by atoms with van der Waals surface area (Å²) >= 11 is 11.9. The van der Waals surface area contributed by atoms with E-state index >= 15 is 0 Å². The summed E-state index contributed by atoms with van der Waals surface area (Å²) in [6.07, 6.45) is 4.98. The number of unbranched alkanes of at least 4 members (excludes halogenated alkanes) is 1. The lowest BCUT2D eigenvalue weighted by Gasteiger charge is -2.32. The molecule has 0 saturated carbocycles. The fourth-order valence-electron chi connectivity index (χ4n) is 6.24. The van der Waals surface area contributed by atoms with Gasteiger partial charge in [-0.2, -0.15) is 0 Å². The molecule has 0 aliphatic carbocycles. The number of amides is 3. The van der Waals surface area contributed by atoms with Crippen LogP contribution in [0.3, 0.4) is 0 Å². The number of halogens is 2. The van der Waals surface area contributed by atoms with Crippen LogP contribution in [0.1, 0.15) is 48.8 Å². The Hall–Kier alpha value is -3.39. The van der Waals surface area contributed by atoms with Crippen molar-refractivity contribution in [3.63, 3.8) is 0 Å². The zero-order valence-corrected chi connectivity index (χ0v) is 31.3. The Kier molecular flexibility index (Phi) is 13.8. The van der Waals surface area contributed by atoms with Crippen molar-refractivity contribution >= 4 is 67.9 Å². The summed E-state index contributed by atoms with van der Waals surface area (Å²) in [7, 11) is 1.63. The summed E-state index contributed by atoms with van der Waals surface area (Å²) in [5, 5.41) is 11.1. The number of benzene rings is 3. The summed E-state index contributed by atoms with van der Waals surface area (Å²) in [5.74, 6) is -0.954. The minimum Gasteiger partial charge on any atom is -0.361 e. The van der Waals surface area contributed by atoms with E-state index in [2.05, 4.69) is 36.9 Å². The molecule has 0 spiro atoms. The number of fused-ring (bicyclic) bond motifs is 3. The highest BCUT2D eigenvalue weighted by Gasteiger charge is 2.34. The van der Waals surface area contributed by atoms with Gasteiger partial charge in [-0.15, -0.1) is 0 Å². The maximum absolute atomic E-state index is 14.4. The Bertz CT molecular complexity index is 1800. The quantitative estimate of drug-likeness (QED) is 0.127. The first-order chi connectivity index (χ1) is 24.2. The summed E-state index contributed by atoms with van der Waals surface area (Å²) in [6, 6.07) is 17.3. The number of rotatable bonds is 9. The molecule has 0 bridgehead atoms. The van der Waals surface area contributed by atoms with Gasteiger partial charge < -0.3 is 37.3 Å². The normalized spacial score (nSPS) is 19.4. The van der Waals surface area contributed by atoms with E-state index in [9.17, 15) is 14.4 Å². The van der Waals surface area contributed by atoms with Crippen molar-refractivity contribution in [1.82, 2.24) is 25.8 Å². The monoisotopic (exact) mass is 781 g/mol. The van der Waals surface area contributed by atoms with Crippen LogP contribution < -0.4 is 27.4 Å². The molecule has 1 aliphatic heterocycles. The number of nitrogens with zero attached hydrogens (tertiary/aromatic N) is 1. The Morgan fingerprint density at radius 3 is 2.44 bits per heavy atom. The minimum atomic E-state index is -0.878. The van der Waals surface area contributed by atoms with Crippen molar-refractivity contribution in [2.45, 2.75) is 79.5 Å². The van der Waals surface area contributed by atoms with Gasteiger partial charge in [-0.3, -0.25) is 14.4 Å². The molecule has 3 unspecified atom stereocenters. The Balaban J connectivity index is 1.57. The fraction of sp³-hybridized carbons (Fsp3) is 0.378. The zero-order chi connectivity index (χ0) is 35.6. The lowest BCUT2D eigenvalue weighted by molar-refractivity contribution is -0.142. The van der Waals surface area contributed by atoms with E-state index in [1.54, 1.807) is 7.05 Å². The number of hydrogen-bond acceptors (Lipinski definition) is 7. The molecular formula is C37H45BrClN7O3S. The first kappa shape index (κ1) is 37.9. The van der Waals surface area contributed by atoms with E-state index in [4.69, 9.17) is 23.1 Å². The van der Waals surface area contributed by atoms with Crippen LogP contribution in [0.2, 0.25) is 5.02 Å². The van der Waals surface area contributed by atoms with Gasteiger partial charge in [0.2, 0.25) is 17.7 Å². The predicted molar refractivity (Wildman–Crippen MR) is 204 cm³/mol. The van der Waals surface area contributed by atoms with Crippen LogP contribution in [0.5, 0.6) is 0 Å². The Labute approximate surface area is 311 Å². The van der Waals surface area contributed by atoms with E-state index in [0.717, 1.165) is 41.9 Å². The van der Waals surface area contributed by atoms with Gasteiger partial charge in [0, 0.05) is 57.9 Å². The third-order valence-corrected chi connectivity index (χ3v) is 11.2. The summed E-state index contributed by atoms with van der Waals surface area (Å²) < 4.78 is 0.784. The second kappa shape index (κ2) is 18.2. The number of aromatic amines is 1. The molecule has 10 nitrogen and oxygen atoms in total. The van der Waals surface area contributed by atoms with Crippen LogP contribution in [0, 0.1) is 0 Å². The molecular weight excluding hydrogens is 738 g/mol. The molecule has 3 amide bonds. The van der Waals surface area contributed by atoms with Crippen LogP contribution in [-0.2, 0) is 33.9 Å². The Morgan fingerprint density at radius 2 is 1.64 bits per heavy atom. The summed E-state index contributed by atoms with van der Waals surface area (Å²) in [5.41, 5.74) is 15.3. The summed E-state index contributed by atoms with van der Waals surface area (Å²) in [6.45, 7) is 1.49. The number of aromatic nitrogens is 1. The van der Waals surface area contributed by atoms with Crippen molar-refractivity contribution in [3.8, 4) is 0 Å². The maximum atomic E-state index is 14.4. The average Bonchev–Trinajstić information content (AvgIpc) is 3.52. The SMILES string of the molecule is CN1C(=O)C(CCCCN)NC(=O)C(CCCN)NCc2ccccc2Sc2c(Cl)cc(Br)cc2CNC(=O)C1Cc1c[nH]c2ccccc12. The molecule has 0 radical (unpaired) electrons. The van der Waals surface area contributed by atoms with Crippen LogP contribution in [0.4, 0.5) is 0 Å². The third-order valence-electron chi connectivity index (χ3n) is 9.04. The topological polar surface area (TPSA) is 158 Å². The van der Waals surface area contributed by atoms with Gasteiger partial charge in [-0.05, 0) is 86.1 Å². The predicted octanol–water partition coefficient (Wildman–Crippen LogP) is 5.25. The highest BCUT2D eigenvalue weighted by molar-refractivity contribution is 9.10. The lowest BCUT2D eigenvalue weighted by atomic mass is 10.0. The molecule has 50 heavy (non-hydrogen) atoms. The number of nitrogens with two attached hydrogens (primary N) is 2. The number of carbonyl (C=O) groups excluding carboxylic acids is 3. The van der Waals surface area contributed by atoms with Crippen molar-refractivity contribution in [2.75, 3.05) is 20.1 Å². The summed E-state index contributed by atoms with van der Waals surface area (Å²) in [4.78, 5) is 49.1.